The molecule has 5 nitrogen and oxygen atoms in total. The van der Waals surface area contributed by atoms with Crippen LogP contribution in [0.3, 0.4) is 0 Å². The van der Waals surface area contributed by atoms with Gasteiger partial charge in [-0.05, 0) is 39.8 Å². The molecule has 1 amide bonds. The van der Waals surface area contributed by atoms with E-state index in [1.807, 2.05) is 20.8 Å². The lowest BCUT2D eigenvalue weighted by Gasteiger charge is -2.23. The molecule has 1 rings (SSSR count). The second-order valence-corrected chi connectivity index (χ2v) is 5.90. The predicted molar refractivity (Wildman–Crippen MR) is 78.6 cm³/mol. The van der Waals surface area contributed by atoms with E-state index < -0.39 is 17.6 Å². The summed E-state index contributed by atoms with van der Waals surface area (Å²) in [5.41, 5.74) is 5.60. The van der Waals surface area contributed by atoms with E-state index in [0.717, 1.165) is 0 Å². The topological polar surface area (TPSA) is 81.4 Å². The summed E-state index contributed by atoms with van der Waals surface area (Å²) in [5.74, 6) is -1.05. The zero-order valence-electron chi connectivity index (χ0n) is 12.0. The SMILES string of the molecule is C[C@@H](OC(=O)c1cccc(Cl)c1N)C(=O)NC(C)(C)C. The van der Waals surface area contributed by atoms with Crippen LogP contribution in [-0.2, 0) is 9.53 Å². The fraction of sp³-hybridized carbons (Fsp3) is 0.429. The van der Waals surface area contributed by atoms with Crippen molar-refractivity contribution in [3.05, 3.63) is 28.8 Å². The van der Waals surface area contributed by atoms with Crippen molar-refractivity contribution < 1.29 is 14.3 Å². The van der Waals surface area contributed by atoms with Gasteiger partial charge in [0.2, 0.25) is 0 Å². The van der Waals surface area contributed by atoms with Crippen LogP contribution < -0.4 is 11.1 Å². The van der Waals surface area contributed by atoms with E-state index in [-0.39, 0.29) is 22.2 Å². The highest BCUT2D eigenvalue weighted by Crippen LogP contribution is 2.23. The van der Waals surface area contributed by atoms with Crippen molar-refractivity contribution in [1.82, 2.24) is 5.32 Å². The van der Waals surface area contributed by atoms with Gasteiger partial charge in [-0.2, -0.15) is 0 Å². The molecule has 6 heteroatoms. The molecule has 0 saturated carbocycles. The number of nitrogens with two attached hydrogens (primary N) is 1. The van der Waals surface area contributed by atoms with Gasteiger partial charge in [0, 0.05) is 5.54 Å². The van der Waals surface area contributed by atoms with E-state index in [0.29, 0.717) is 0 Å². The standard InChI is InChI=1S/C14H19ClN2O3/c1-8(12(18)17-14(2,3)4)20-13(19)9-6-5-7-10(15)11(9)16/h5-8H,16H2,1-4H3,(H,17,18)/t8-/m1/s1. The number of benzene rings is 1. The molecule has 0 aliphatic rings. The van der Waals surface area contributed by atoms with Crippen LogP contribution in [-0.4, -0.2) is 23.5 Å². The van der Waals surface area contributed by atoms with Gasteiger partial charge < -0.3 is 15.8 Å². The van der Waals surface area contributed by atoms with E-state index in [4.69, 9.17) is 22.1 Å². The van der Waals surface area contributed by atoms with Crippen LogP contribution in [0, 0.1) is 0 Å². The lowest BCUT2D eigenvalue weighted by molar-refractivity contribution is -0.130. The van der Waals surface area contributed by atoms with E-state index in [1.165, 1.54) is 13.0 Å². The van der Waals surface area contributed by atoms with E-state index in [2.05, 4.69) is 5.32 Å². The largest absolute Gasteiger partial charge is 0.449 e. The van der Waals surface area contributed by atoms with Crippen molar-refractivity contribution in [1.29, 1.82) is 0 Å². The highest BCUT2D eigenvalue weighted by molar-refractivity contribution is 6.33. The number of para-hydroxylation sites is 1. The molecule has 20 heavy (non-hydrogen) atoms. The van der Waals surface area contributed by atoms with Crippen LogP contribution in [0.4, 0.5) is 5.69 Å². The molecule has 0 heterocycles. The van der Waals surface area contributed by atoms with Gasteiger partial charge in [-0.3, -0.25) is 4.79 Å². The van der Waals surface area contributed by atoms with Gasteiger partial charge in [0.1, 0.15) is 0 Å². The molecule has 0 aromatic heterocycles. The predicted octanol–water partition coefficient (Wildman–Crippen LogP) is 2.38. The smallest absolute Gasteiger partial charge is 0.341 e. The molecular weight excluding hydrogens is 280 g/mol. The first kappa shape index (κ1) is 16.3. The molecule has 1 aromatic carbocycles. The van der Waals surface area contributed by atoms with Gasteiger partial charge in [-0.1, -0.05) is 17.7 Å². The fourth-order valence-electron chi connectivity index (χ4n) is 1.46. The first-order valence-electron chi connectivity index (χ1n) is 6.19. The van der Waals surface area contributed by atoms with Crippen molar-refractivity contribution in [2.24, 2.45) is 0 Å². The molecular formula is C14H19ClN2O3. The fourth-order valence-corrected chi connectivity index (χ4v) is 1.64. The zero-order valence-corrected chi connectivity index (χ0v) is 12.7. The summed E-state index contributed by atoms with van der Waals surface area (Å²) in [6.07, 6.45) is -0.917. The summed E-state index contributed by atoms with van der Waals surface area (Å²) in [6.45, 7) is 7.02. The van der Waals surface area contributed by atoms with Gasteiger partial charge in [-0.15, -0.1) is 0 Å². The van der Waals surface area contributed by atoms with Gasteiger partial charge in [-0.25, -0.2) is 4.79 Å². The number of hydrogen-bond acceptors (Lipinski definition) is 4. The Hall–Kier alpha value is -1.75. The molecule has 1 aromatic rings. The first-order chi connectivity index (χ1) is 9.11. The molecule has 0 aliphatic heterocycles. The number of anilines is 1. The van der Waals surface area contributed by atoms with Gasteiger partial charge >= 0.3 is 5.97 Å². The van der Waals surface area contributed by atoms with Crippen molar-refractivity contribution in [3.63, 3.8) is 0 Å². The molecule has 0 aliphatic carbocycles. The molecule has 0 unspecified atom stereocenters. The van der Waals surface area contributed by atoms with Crippen molar-refractivity contribution in [2.45, 2.75) is 39.3 Å². The van der Waals surface area contributed by atoms with E-state index in [9.17, 15) is 9.59 Å². The van der Waals surface area contributed by atoms with Gasteiger partial charge in [0.25, 0.3) is 5.91 Å². The first-order valence-corrected chi connectivity index (χ1v) is 6.56. The van der Waals surface area contributed by atoms with E-state index >= 15 is 0 Å². The van der Waals surface area contributed by atoms with Crippen LogP contribution in [0.15, 0.2) is 18.2 Å². The molecule has 110 valence electrons. The van der Waals surface area contributed by atoms with Crippen LogP contribution in [0.25, 0.3) is 0 Å². The Bertz CT molecular complexity index is 524. The summed E-state index contributed by atoms with van der Waals surface area (Å²) >= 11 is 5.83. The third-order valence-corrected chi connectivity index (χ3v) is 2.75. The highest BCUT2D eigenvalue weighted by atomic mass is 35.5. The molecule has 0 saturated heterocycles. The van der Waals surface area contributed by atoms with Gasteiger partial charge in [0.05, 0.1) is 16.3 Å². The third kappa shape index (κ3) is 4.42. The Morgan fingerprint density at radius 3 is 2.50 bits per heavy atom. The summed E-state index contributed by atoms with van der Waals surface area (Å²) in [7, 11) is 0. The van der Waals surface area contributed by atoms with Crippen LogP contribution >= 0.6 is 11.6 Å². The highest BCUT2D eigenvalue weighted by Gasteiger charge is 2.23. The Morgan fingerprint density at radius 1 is 1.35 bits per heavy atom. The average Bonchev–Trinajstić information content (AvgIpc) is 2.30. The second-order valence-electron chi connectivity index (χ2n) is 5.49. The molecule has 1 atom stereocenters. The number of halogens is 1. The number of esters is 1. The number of nitrogens with one attached hydrogen (secondary N) is 1. The lowest BCUT2D eigenvalue weighted by Crippen LogP contribution is -2.46. The second kappa shape index (κ2) is 6.13. The lowest BCUT2D eigenvalue weighted by atomic mass is 10.1. The van der Waals surface area contributed by atoms with Crippen molar-refractivity contribution >= 4 is 29.2 Å². The Morgan fingerprint density at radius 2 is 1.95 bits per heavy atom. The minimum Gasteiger partial charge on any atom is -0.449 e. The maximum atomic E-state index is 12.0. The number of carbonyl (C=O) groups is 2. The number of amides is 1. The maximum absolute atomic E-state index is 12.0. The Balaban J connectivity index is 2.76. The van der Waals surface area contributed by atoms with Gasteiger partial charge in [0.15, 0.2) is 6.10 Å². The van der Waals surface area contributed by atoms with E-state index in [1.54, 1.807) is 12.1 Å². The number of hydrogen-bond donors (Lipinski definition) is 2. The molecule has 0 bridgehead atoms. The van der Waals surface area contributed by atoms with Crippen LogP contribution in [0.2, 0.25) is 5.02 Å². The quantitative estimate of drug-likeness (QED) is 0.663. The molecule has 0 radical (unpaired) electrons. The van der Waals surface area contributed by atoms with Crippen molar-refractivity contribution in [2.75, 3.05) is 5.73 Å². The summed E-state index contributed by atoms with van der Waals surface area (Å²) < 4.78 is 5.09. The molecule has 0 spiro atoms. The minimum atomic E-state index is -0.917. The Labute approximate surface area is 123 Å². The number of ether oxygens (including phenoxy) is 1. The normalized spacial score (nSPS) is 12.7. The summed E-state index contributed by atoms with van der Waals surface area (Å²) in [6, 6.07) is 4.66. The molecule has 0 fully saturated rings. The number of carbonyl (C=O) groups excluding carboxylic acids is 2. The minimum absolute atomic E-state index is 0.141. The molecule has 3 N–H and O–H groups in total. The summed E-state index contributed by atoms with van der Waals surface area (Å²) in [5, 5.41) is 3.00. The van der Waals surface area contributed by atoms with Crippen LogP contribution in [0.1, 0.15) is 38.1 Å². The zero-order chi connectivity index (χ0) is 15.5. The van der Waals surface area contributed by atoms with Crippen molar-refractivity contribution in [3.8, 4) is 0 Å². The summed E-state index contributed by atoms with van der Waals surface area (Å²) in [4.78, 5) is 23.8. The third-order valence-electron chi connectivity index (χ3n) is 2.42. The maximum Gasteiger partial charge on any atom is 0.341 e. The van der Waals surface area contributed by atoms with Crippen LogP contribution in [0.5, 0.6) is 0 Å². The monoisotopic (exact) mass is 298 g/mol. The number of nitrogen functional groups attached to an aromatic ring is 1. The Kier molecular flexibility index (Phi) is 5.00. The average molecular weight is 299 g/mol. The number of rotatable bonds is 3.